The van der Waals surface area contributed by atoms with Crippen LogP contribution in [0.1, 0.15) is 18.9 Å². The molecule has 20 heavy (non-hydrogen) atoms. The molecule has 0 aromatic heterocycles. The van der Waals surface area contributed by atoms with E-state index in [1.807, 2.05) is 0 Å². The number of nitrogens with one attached hydrogen (secondary N) is 1. The predicted octanol–water partition coefficient (Wildman–Crippen LogP) is 1.60. The molecule has 0 radical (unpaired) electrons. The van der Waals surface area contributed by atoms with Crippen molar-refractivity contribution >= 4 is 0 Å². The summed E-state index contributed by atoms with van der Waals surface area (Å²) in [5, 5.41) is 3.80. The Morgan fingerprint density at radius 1 is 1.15 bits per heavy atom. The number of benzene rings is 1. The van der Waals surface area contributed by atoms with Gasteiger partial charge in [-0.15, -0.1) is 0 Å². The van der Waals surface area contributed by atoms with E-state index in [0.29, 0.717) is 12.1 Å². The Morgan fingerprint density at radius 2 is 1.90 bits per heavy atom. The summed E-state index contributed by atoms with van der Waals surface area (Å²) in [7, 11) is 0. The summed E-state index contributed by atoms with van der Waals surface area (Å²) in [6.45, 7) is 9.66. The second-order valence-electron chi connectivity index (χ2n) is 6.15. The lowest BCUT2D eigenvalue weighted by Gasteiger charge is -2.50. The molecule has 0 spiro atoms. The molecule has 2 bridgehead atoms. The first-order valence-corrected chi connectivity index (χ1v) is 8.10. The maximum atomic E-state index is 3.80. The van der Waals surface area contributed by atoms with E-state index in [2.05, 4.69) is 52.4 Å². The van der Waals surface area contributed by atoms with Gasteiger partial charge in [0.2, 0.25) is 0 Å². The largest absolute Gasteiger partial charge is 0.312 e. The van der Waals surface area contributed by atoms with E-state index < -0.39 is 0 Å². The van der Waals surface area contributed by atoms with Gasteiger partial charge in [-0.25, -0.2) is 0 Å². The Balaban J connectivity index is 1.69. The third kappa shape index (κ3) is 3.22. The molecule has 3 heterocycles. The zero-order valence-electron chi connectivity index (χ0n) is 12.6. The van der Waals surface area contributed by atoms with E-state index in [1.54, 1.807) is 0 Å². The molecule has 0 aliphatic carbocycles. The maximum absolute atomic E-state index is 3.80. The smallest absolute Gasteiger partial charge is 0.0380 e. The number of rotatable bonds is 6. The molecule has 0 amide bonds. The maximum Gasteiger partial charge on any atom is 0.0380 e. The standard InChI is InChI=1S/C17H27N3/c1-2-8-18-16(13-15-6-4-3-5-7-15)17-14-19-9-11-20(17)12-10-19/h3-7,16-18H,2,8-14H2,1H3. The molecule has 3 aliphatic rings. The van der Waals surface area contributed by atoms with E-state index in [-0.39, 0.29) is 0 Å². The van der Waals surface area contributed by atoms with Crippen LogP contribution in [0, 0.1) is 0 Å². The summed E-state index contributed by atoms with van der Waals surface area (Å²) >= 11 is 0. The van der Waals surface area contributed by atoms with Gasteiger partial charge in [0, 0.05) is 44.8 Å². The molecule has 3 fully saturated rings. The average molecular weight is 273 g/mol. The Morgan fingerprint density at radius 3 is 2.50 bits per heavy atom. The van der Waals surface area contributed by atoms with E-state index in [0.717, 1.165) is 13.0 Å². The molecule has 4 rings (SSSR count). The Bertz CT molecular complexity index is 398. The number of piperazine rings is 3. The SMILES string of the molecule is CCCNC(Cc1ccccc1)C1CN2CCN1CC2. The molecule has 3 aliphatic heterocycles. The second kappa shape index (κ2) is 6.70. The minimum atomic E-state index is 0.584. The van der Waals surface area contributed by atoms with Crippen molar-refractivity contribution in [1.29, 1.82) is 0 Å². The summed E-state index contributed by atoms with van der Waals surface area (Å²) in [5.41, 5.74) is 1.46. The summed E-state index contributed by atoms with van der Waals surface area (Å²) in [5.74, 6) is 0. The molecule has 1 aromatic rings. The highest BCUT2D eigenvalue weighted by atomic mass is 15.4. The zero-order valence-corrected chi connectivity index (χ0v) is 12.6. The van der Waals surface area contributed by atoms with Crippen molar-refractivity contribution in [2.45, 2.75) is 31.8 Å². The first kappa shape index (κ1) is 14.1. The van der Waals surface area contributed by atoms with Crippen LogP contribution in [0.5, 0.6) is 0 Å². The van der Waals surface area contributed by atoms with Gasteiger partial charge in [0.25, 0.3) is 0 Å². The molecule has 3 nitrogen and oxygen atoms in total. The van der Waals surface area contributed by atoms with Crippen LogP contribution in [-0.2, 0) is 6.42 Å². The van der Waals surface area contributed by atoms with Crippen LogP contribution in [0.4, 0.5) is 0 Å². The van der Waals surface area contributed by atoms with Gasteiger partial charge in [0.15, 0.2) is 0 Å². The van der Waals surface area contributed by atoms with Crippen molar-refractivity contribution in [3.05, 3.63) is 35.9 Å². The summed E-state index contributed by atoms with van der Waals surface area (Å²) < 4.78 is 0. The van der Waals surface area contributed by atoms with E-state index in [9.17, 15) is 0 Å². The van der Waals surface area contributed by atoms with E-state index in [1.165, 1.54) is 44.7 Å². The minimum absolute atomic E-state index is 0.584. The van der Waals surface area contributed by atoms with Gasteiger partial charge in [-0.05, 0) is 24.9 Å². The molecule has 1 aromatic carbocycles. The highest BCUT2D eigenvalue weighted by Crippen LogP contribution is 2.20. The summed E-state index contributed by atoms with van der Waals surface area (Å²) in [6.07, 6.45) is 2.36. The van der Waals surface area contributed by atoms with Crippen LogP contribution >= 0.6 is 0 Å². The van der Waals surface area contributed by atoms with Crippen molar-refractivity contribution in [2.24, 2.45) is 0 Å². The first-order valence-electron chi connectivity index (χ1n) is 8.10. The van der Waals surface area contributed by atoms with Crippen LogP contribution in [0.25, 0.3) is 0 Å². The summed E-state index contributed by atoms with van der Waals surface area (Å²) in [4.78, 5) is 5.34. The molecule has 2 unspecified atom stereocenters. The number of hydrogen-bond donors (Lipinski definition) is 1. The van der Waals surface area contributed by atoms with Crippen LogP contribution in [0.2, 0.25) is 0 Å². The fourth-order valence-electron chi connectivity index (χ4n) is 3.58. The molecular weight excluding hydrogens is 246 g/mol. The second-order valence-corrected chi connectivity index (χ2v) is 6.15. The lowest BCUT2D eigenvalue weighted by Crippen LogP contribution is -2.66. The normalized spacial score (nSPS) is 30.4. The predicted molar refractivity (Wildman–Crippen MR) is 84.0 cm³/mol. The van der Waals surface area contributed by atoms with Crippen LogP contribution in [-0.4, -0.2) is 61.2 Å². The zero-order chi connectivity index (χ0) is 13.8. The third-order valence-corrected chi connectivity index (χ3v) is 4.74. The first-order chi connectivity index (χ1) is 9.86. The number of nitrogens with zero attached hydrogens (tertiary/aromatic N) is 2. The van der Waals surface area contributed by atoms with E-state index in [4.69, 9.17) is 0 Å². The molecule has 2 atom stereocenters. The van der Waals surface area contributed by atoms with Crippen molar-refractivity contribution in [3.63, 3.8) is 0 Å². The molecule has 0 saturated carbocycles. The average Bonchev–Trinajstić information content (AvgIpc) is 2.53. The van der Waals surface area contributed by atoms with Crippen LogP contribution in [0.15, 0.2) is 30.3 Å². The Labute approximate surface area is 123 Å². The van der Waals surface area contributed by atoms with Gasteiger partial charge in [0.05, 0.1) is 0 Å². The van der Waals surface area contributed by atoms with Gasteiger partial charge >= 0.3 is 0 Å². The third-order valence-electron chi connectivity index (χ3n) is 4.74. The monoisotopic (exact) mass is 273 g/mol. The topological polar surface area (TPSA) is 18.5 Å². The van der Waals surface area contributed by atoms with Gasteiger partial charge in [-0.2, -0.15) is 0 Å². The van der Waals surface area contributed by atoms with Gasteiger partial charge in [-0.3, -0.25) is 9.80 Å². The minimum Gasteiger partial charge on any atom is -0.312 e. The van der Waals surface area contributed by atoms with Crippen molar-refractivity contribution in [2.75, 3.05) is 39.3 Å². The van der Waals surface area contributed by atoms with Crippen molar-refractivity contribution in [3.8, 4) is 0 Å². The molecule has 110 valence electrons. The molecule has 3 saturated heterocycles. The summed E-state index contributed by atoms with van der Waals surface area (Å²) in [6, 6.07) is 12.2. The van der Waals surface area contributed by atoms with Crippen LogP contribution in [0.3, 0.4) is 0 Å². The van der Waals surface area contributed by atoms with Crippen molar-refractivity contribution < 1.29 is 0 Å². The fourth-order valence-corrected chi connectivity index (χ4v) is 3.58. The van der Waals surface area contributed by atoms with Gasteiger partial charge < -0.3 is 5.32 Å². The van der Waals surface area contributed by atoms with E-state index >= 15 is 0 Å². The highest BCUT2D eigenvalue weighted by Gasteiger charge is 2.36. The molecule has 1 N–H and O–H groups in total. The van der Waals surface area contributed by atoms with Crippen LogP contribution < -0.4 is 5.32 Å². The lowest BCUT2D eigenvalue weighted by atomic mass is 9.94. The molecule has 3 heteroatoms. The van der Waals surface area contributed by atoms with Crippen molar-refractivity contribution in [1.82, 2.24) is 15.1 Å². The van der Waals surface area contributed by atoms with Gasteiger partial charge in [0.1, 0.15) is 0 Å². The fraction of sp³-hybridized carbons (Fsp3) is 0.647. The number of hydrogen-bond acceptors (Lipinski definition) is 3. The highest BCUT2D eigenvalue weighted by molar-refractivity contribution is 5.17. The number of fused-ring (bicyclic) bond motifs is 3. The molecular formula is C17H27N3. The quantitative estimate of drug-likeness (QED) is 0.849. The Hall–Kier alpha value is -0.900. The Kier molecular flexibility index (Phi) is 4.71. The lowest BCUT2D eigenvalue weighted by molar-refractivity contribution is -0.00309. The van der Waals surface area contributed by atoms with Gasteiger partial charge in [-0.1, -0.05) is 37.3 Å².